The minimum Gasteiger partial charge on any atom is -0.491 e. The van der Waals surface area contributed by atoms with Gasteiger partial charge < -0.3 is 10.1 Å². The molecule has 0 aromatic heterocycles. The second kappa shape index (κ2) is 4.97. The Morgan fingerprint density at radius 2 is 2.00 bits per heavy atom. The monoisotopic (exact) mass is 261 g/mol. The Kier molecular flexibility index (Phi) is 3.17. The summed E-state index contributed by atoms with van der Waals surface area (Å²) in [5, 5.41) is 3.19. The molecule has 2 aromatic carbocycles. The largest absolute Gasteiger partial charge is 0.491 e. The second-order valence-corrected chi connectivity index (χ2v) is 4.52. The Hall–Kier alpha value is -1.94. The molecular weight excluding hydrogens is 248 g/mol. The number of rotatable bonds is 3. The average molecular weight is 261 g/mol. The fraction of sp³-hybridized carbons (Fsp3) is 0.200. The average Bonchev–Trinajstić information content (AvgIpc) is 2.83. The van der Waals surface area contributed by atoms with Crippen LogP contribution < -0.4 is 10.1 Å². The maximum Gasteiger partial charge on any atom is 0.127 e. The lowest BCUT2D eigenvalue weighted by Crippen LogP contribution is -2.22. The molecule has 1 N–H and O–H groups in total. The highest BCUT2D eigenvalue weighted by Crippen LogP contribution is 2.31. The van der Waals surface area contributed by atoms with Gasteiger partial charge in [-0.3, -0.25) is 0 Å². The summed E-state index contributed by atoms with van der Waals surface area (Å²) >= 11 is 0. The fourth-order valence-electron chi connectivity index (χ4n) is 2.24. The number of nitrogens with one attached hydrogen (secondary N) is 1. The SMILES string of the molecule is Fc1ccc(F)c(CNC2COc3ccccc32)c1. The molecule has 0 bridgehead atoms. The van der Waals surface area contributed by atoms with Crippen LogP contribution in [-0.4, -0.2) is 6.61 Å². The Morgan fingerprint density at radius 1 is 1.16 bits per heavy atom. The van der Waals surface area contributed by atoms with Crippen LogP contribution >= 0.6 is 0 Å². The molecule has 1 aliphatic rings. The van der Waals surface area contributed by atoms with Crippen LogP contribution in [0.25, 0.3) is 0 Å². The smallest absolute Gasteiger partial charge is 0.127 e. The molecule has 1 unspecified atom stereocenters. The Labute approximate surface area is 110 Å². The van der Waals surface area contributed by atoms with Crippen LogP contribution in [0.15, 0.2) is 42.5 Å². The first-order valence-electron chi connectivity index (χ1n) is 6.13. The highest BCUT2D eigenvalue weighted by molar-refractivity contribution is 5.39. The van der Waals surface area contributed by atoms with E-state index in [9.17, 15) is 8.78 Å². The Bertz CT molecular complexity index is 600. The van der Waals surface area contributed by atoms with Crippen LogP contribution in [0.1, 0.15) is 17.2 Å². The van der Waals surface area contributed by atoms with Crippen LogP contribution in [0, 0.1) is 11.6 Å². The lowest BCUT2D eigenvalue weighted by molar-refractivity contribution is 0.310. The van der Waals surface area contributed by atoms with Gasteiger partial charge in [0, 0.05) is 17.7 Å². The number of para-hydroxylation sites is 1. The zero-order chi connectivity index (χ0) is 13.2. The van der Waals surface area contributed by atoms with Crippen molar-refractivity contribution < 1.29 is 13.5 Å². The molecule has 1 aliphatic heterocycles. The summed E-state index contributed by atoms with van der Waals surface area (Å²) in [7, 11) is 0. The summed E-state index contributed by atoms with van der Waals surface area (Å²) in [6.45, 7) is 0.780. The van der Waals surface area contributed by atoms with E-state index in [1.54, 1.807) is 0 Å². The Morgan fingerprint density at radius 3 is 2.89 bits per heavy atom. The lowest BCUT2D eigenvalue weighted by atomic mass is 10.1. The molecule has 0 saturated heterocycles. The van der Waals surface area contributed by atoms with Crippen molar-refractivity contribution in [2.24, 2.45) is 0 Å². The van der Waals surface area contributed by atoms with E-state index < -0.39 is 11.6 Å². The van der Waals surface area contributed by atoms with Gasteiger partial charge in [-0.2, -0.15) is 0 Å². The number of hydrogen-bond acceptors (Lipinski definition) is 2. The molecule has 0 radical (unpaired) electrons. The third-order valence-corrected chi connectivity index (χ3v) is 3.25. The van der Waals surface area contributed by atoms with Gasteiger partial charge in [0.25, 0.3) is 0 Å². The standard InChI is InChI=1S/C15H13F2NO/c16-11-5-6-13(17)10(7-11)8-18-14-9-19-15-4-2-1-3-12(14)15/h1-7,14,18H,8-9H2. The van der Waals surface area contributed by atoms with Crippen molar-refractivity contribution in [2.75, 3.05) is 6.61 Å². The van der Waals surface area contributed by atoms with E-state index in [0.29, 0.717) is 12.2 Å². The molecule has 2 nitrogen and oxygen atoms in total. The van der Waals surface area contributed by atoms with Crippen LogP contribution in [0.4, 0.5) is 8.78 Å². The van der Waals surface area contributed by atoms with Crippen LogP contribution in [0.2, 0.25) is 0 Å². The molecule has 0 aliphatic carbocycles. The zero-order valence-electron chi connectivity index (χ0n) is 10.2. The first-order valence-corrected chi connectivity index (χ1v) is 6.13. The molecule has 0 spiro atoms. The number of benzene rings is 2. The third-order valence-electron chi connectivity index (χ3n) is 3.25. The molecule has 0 saturated carbocycles. The van der Waals surface area contributed by atoms with Gasteiger partial charge in [-0.25, -0.2) is 8.78 Å². The van der Waals surface area contributed by atoms with Gasteiger partial charge in [0.15, 0.2) is 0 Å². The molecule has 0 amide bonds. The van der Waals surface area contributed by atoms with Crippen molar-refractivity contribution in [1.29, 1.82) is 0 Å². The minimum atomic E-state index is -0.429. The van der Waals surface area contributed by atoms with Gasteiger partial charge in [0.2, 0.25) is 0 Å². The second-order valence-electron chi connectivity index (χ2n) is 4.52. The van der Waals surface area contributed by atoms with Gasteiger partial charge >= 0.3 is 0 Å². The summed E-state index contributed by atoms with van der Waals surface area (Å²) in [6, 6.07) is 11.2. The van der Waals surface area contributed by atoms with Crippen LogP contribution in [-0.2, 0) is 6.54 Å². The molecule has 4 heteroatoms. The van der Waals surface area contributed by atoms with Gasteiger partial charge in [-0.15, -0.1) is 0 Å². The zero-order valence-corrected chi connectivity index (χ0v) is 10.2. The summed E-state index contributed by atoms with van der Waals surface area (Å²) in [4.78, 5) is 0. The van der Waals surface area contributed by atoms with Crippen LogP contribution in [0.5, 0.6) is 5.75 Å². The first-order chi connectivity index (χ1) is 9.24. The number of fused-ring (bicyclic) bond motifs is 1. The highest BCUT2D eigenvalue weighted by Gasteiger charge is 2.23. The summed E-state index contributed by atoms with van der Waals surface area (Å²) in [6.07, 6.45) is 0. The quantitative estimate of drug-likeness (QED) is 0.916. The van der Waals surface area contributed by atoms with Gasteiger partial charge in [-0.1, -0.05) is 18.2 Å². The summed E-state index contributed by atoms with van der Waals surface area (Å²) in [5.74, 6) is 0.0158. The molecule has 2 aromatic rings. The highest BCUT2D eigenvalue weighted by atomic mass is 19.1. The van der Waals surface area contributed by atoms with Crippen molar-refractivity contribution in [3.63, 3.8) is 0 Å². The molecule has 3 rings (SSSR count). The van der Waals surface area contributed by atoms with E-state index in [1.807, 2.05) is 24.3 Å². The van der Waals surface area contributed by atoms with Gasteiger partial charge in [-0.05, 0) is 24.3 Å². The van der Waals surface area contributed by atoms with E-state index in [0.717, 1.165) is 23.4 Å². The van der Waals surface area contributed by atoms with Gasteiger partial charge in [0.1, 0.15) is 24.0 Å². The first kappa shape index (κ1) is 12.1. The predicted octanol–water partition coefficient (Wildman–Crippen LogP) is 3.19. The molecule has 19 heavy (non-hydrogen) atoms. The third kappa shape index (κ3) is 2.44. The molecular formula is C15H13F2NO. The van der Waals surface area contributed by atoms with E-state index in [4.69, 9.17) is 4.74 Å². The number of ether oxygens (including phenoxy) is 1. The van der Waals surface area contributed by atoms with Crippen LogP contribution in [0.3, 0.4) is 0 Å². The van der Waals surface area contributed by atoms with E-state index in [1.165, 1.54) is 6.07 Å². The Balaban J connectivity index is 1.72. The predicted molar refractivity (Wildman–Crippen MR) is 67.9 cm³/mol. The van der Waals surface area contributed by atoms with E-state index in [2.05, 4.69) is 5.32 Å². The molecule has 0 fully saturated rings. The van der Waals surface area contributed by atoms with E-state index in [-0.39, 0.29) is 12.6 Å². The molecule has 1 atom stereocenters. The summed E-state index contributed by atoms with van der Waals surface area (Å²) < 4.78 is 32.1. The lowest BCUT2D eigenvalue weighted by Gasteiger charge is -2.12. The summed E-state index contributed by atoms with van der Waals surface area (Å²) in [5.41, 5.74) is 1.38. The van der Waals surface area contributed by atoms with Crippen molar-refractivity contribution in [2.45, 2.75) is 12.6 Å². The van der Waals surface area contributed by atoms with Crippen molar-refractivity contribution >= 4 is 0 Å². The van der Waals surface area contributed by atoms with E-state index >= 15 is 0 Å². The van der Waals surface area contributed by atoms with Crippen molar-refractivity contribution in [1.82, 2.24) is 5.32 Å². The maximum atomic E-state index is 13.5. The van der Waals surface area contributed by atoms with Crippen molar-refractivity contribution in [3.8, 4) is 5.75 Å². The fourth-order valence-corrected chi connectivity index (χ4v) is 2.24. The topological polar surface area (TPSA) is 21.3 Å². The minimum absolute atomic E-state index is 0.0128. The maximum absolute atomic E-state index is 13.5. The molecule has 1 heterocycles. The van der Waals surface area contributed by atoms with Gasteiger partial charge in [0.05, 0.1) is 6.04 Å². The van der Waals surface area contributed by atoms with Crippen molar-refractivity contribution in [3.05, 3.63) is 65.2 Å². The molecule has 98 valence electrons. The number of hydrogen-bond donors (Lipinski definition) is 1. The normalized spacial score (nSPS) is 17.1. The number of halogens is 2.